The van der Waals surface area contributed by atoms with Crippen LogP contribution in [0.15, 0.2) is 18.2 Å². The molecule has 0 fully saturated rings. The number of hydrogen-bond acceptors (Lipinski definition) is 4. The summed E-state index contributed by atoms with van der Waals surface area (Å²) in [6.07, 6.45) is 0. The van der Waals surface area contributed by atoms with Gasteiger partial charge in [-0.3, -0.25) is 4.79 Å². The molecule has 0 amide bonds. The lowest BCUT2D eigenvalue weighted by Crippen LogP contribution is -2.10. The molecule has 0 saturated heterocycles. The van der Waals surface area contributed by atoms with Crippen LogP contribution in [-0.2, 0) is 9.53 Å². The van der Waals surface area contributed by atoms with Crippen molar-refractivity contribution in [2.45, 2.75) is 13.8 Å². The molecule has 0 spiro atoms. The van der Waals surface area contributed by atoms with Crippen LogP contribution in [-0.4, -0.2) is 19.2 Å². The standard InChI is InChI=1S/C11H15NO3/c1-8-3-4-10(12)11(7-8)15-6-5-14-9(2)13/h3-4,7H,5-6,12H2,1-2H3. The quantitative estimate of drug-likeness (QED) is 0.464. The fraction of sp³-hybridized carbons (Fsp3) is 0.364. The minimum Gasteiger partial charge on any atom is -0.488 e. The zero-order valence-corrected chi connectivity index (χ0v) is 8.95. The van der Waals surface area contributed by atoms with Gasteiger partial charge in [-0.2, -0.15) is 0 Å². The molecule has 1 rings (SSSR count). The minimum atomic E-state index is -0.309. The van der Waals surface area contributed by atoms with Gasteiger partial charge in [-0.1, -0.05) is 6.07 Å². The molecule has 2 N–H and O–H groups in total. The molecule has 0 aliphatic rings. The summed E-state index contributed by atoms with van der Waals surface area (Å²) in [5.74, 6) is 0.318. The van der Waals surface area contributed by atoms with E-state index in [1.165, 1.54) is 6.92 Å². The first-order chi connectivity index (χ1) is 7.09. The summed E-state index contributed by atoms with van der Waals surface area (Å²) < 4.78 is 10.1. The van der Waals surface area contributed by atoms with Gasteiger partial charge in [-0.25, -0.2) is 0 Å². The van der Waals surface area contributed by atoms with Gasteiger partial charge in [-0.15, -0.1) is 0 Å². The molecular formula is C11H15NO3. The van der Waals surface area contributed by atoms with Gasteiger partial charge in [0.25, 0.3) is 0 Å². The normalized spacial score (nSPS) is 9.73. The lowest BCUT2D eigenvalue weighted by atomic mass is 10.2. The van der Waals surface area contributed by atoms with Gasteiger partial charge in [0.2, 0.25) is 0 Å². The number of rotatable bonds is 4. The Labute approximate surface area is 89.0 Å². The second kappa shape index (κ2) is 5.24. The predicted molar refractivity (Wildman–Crippen MR) is 57.7 cm³/mol. The molecule has 4 nitrogen and oxygen atoms in total. The minimum absolute atomic E-state index is 0.239. The lowest BCUT2D eigenvalue weighted by Gasteiger charge is -2.09. The molecular weight excluding hydrogens is 194 g/mol. The van der Waals surface area contributed by atoms with Crippen LogP contribution in [0.4, 0.5) is 5.69 Å². The number of nitrogens with two attached hydrogens (primary N) is 1. The molecule has 82 valence electrons. The van der Waals surface area contributed by atoms with Crippen LogP contribution in [0, 0.1) is 6.92 Å². The summed E-state index contributed by atoms with van der Waals surface area (Å²) in [5, 5.41) is 0. The molecule has 0 aliphatic heterocycles. The second-order valence-electron chi connectivity index (χ2n) is 3.23. The molecule has 0 heterocycles. The average Bonchev–Trinajstić information content (AvgIpc) is 2.17. The number of carbonyl (C=O) groups is 1. The van der Waals surface area contributed by atoms with Gasteiger partial charge < -0.3 is 15.2 Å². The summed E-state index contributed by atoms with van der Waals surface area (Å²) in [5.41, 5.74) is 7.36. The van der Waals surface area contributed by atoms with Gasteiger partial charge in [0.1, 0.15) is 19.0 Å². The highest BCUT2D eigenvalue weighted by molar-refractivity contribution is 5.65. The Morgan fingerprint density at radius 1 is 1.40 bits per heavy atom. The Bertz CT molecular complexity index is 350. The van der Waals surface area contributed by atoms with E-state index < -0.39 is 0 Å². The first-order valence-electron chi connectivity index (χ1n) is 4.72. The number of aryl methyl sites for hydroxylation is 1. The summed E-state index contributed by atoms with van der Waals surface area (Å²) >= 11 is 0. The predicted octanol–water partition coefficient (Wildman–Crippen LogP) is 1.52. The van der Waals surface area contributed by atoms with E-state index in [4.69, 9.17) is 15.2 Å². The van der Waals surface area contributed by atoms with Crippen molar-refractivity contribution in [2.24, 2.45) is 0 Å². The molecule has 0 unspecified atom stereocenters. The number of esters is 1. The molecule has 4 heteroatoms. The maximum atomic E-state index is 10.5. The highest BCUT2D eigenvalue weighted by Gasteiger charge is 2.00. The van der Waals surface area contributed by atoms with E-state index in [0.29, 0.717) is 18.0 Å². The number of nitrogen functional groups attached to an aromatic ring is 1. The van der Waals surface area contributed by atoms with Gasteiger partial charge in [0, 0.05) is 6.92 Å². The maximum Gasteiger partial charge on any atom is 0.302 e. The third-order valence-electron chi connectivity index (χ3n) is 1.82. The van der Waals surface area contributed by atoms with Crippen molar-refractivity contribution in [1.29, 1.82) is 0 Å². The highest BCUT2D eigenvalue weighted by Crippen LogP contribution is 2.21. The first kappa shape index (κ1) is 11.4. The fourth-order valence-electron chi connectivity index (χ4n) is 1.10. The zero-order chi connectivity index (χ0) is 11.3. The molecule has 0 radical (unpaired) electrons. The highest BCUT2D eigenvalue weighted by atomic mass is 16.6. The molecule has 1 aromatic carbocycles. The molecule has 0 atom stereocenters. The molecule has 0 saturated carbocycles. The topological polar surface area (TPSA) is 61.5 Å². The zero-order valence-electron chi connectivity index (χ0n) is 8.95. The van der Waals surface area contributed by atoms with Crippen molar-refractivity contribution in [1.82, 2.24) is 0 Å². The Morgan fingerprint density at radius 3 is 2.80 bits per heavy atom. The largest absolute Gasteiger partial charge is 0.488 e. The van der Waals surface area contributed by atoms with Crippen molar-refractivity contribution in [3.63, 3.8) is 0 Å². The van der Waals surface area contributed by atoms with Crippen LogP contribution in [0.25, 0.3) is 0 Å². The van der Waals surface area contributed by atoms with Crippen LogP contribution in [0.5, 0.6) is 5.75 Å². The van der Waals surface area contributed by atoms with E-state index in [2.05, 4.69) is 0 Å². The van der Waals surface area contributed by atoms with E-state index in [-0.39, 0.29) is 12.6 Å². The molecule has 1 aromatic rings. The van der Waals surface area contributed by atoms with Gasteiger partial charge in [0.15, 0.2) is 0 Å². The van der Waals surface area contributed by atoms with E-state index in [9.17, 15) is 4.79 Å². The van der Waals surface area contributed by atoms with Crippen molar-refractivity contribution >= 4 is 11.7 Å². The summed E-state index contributed by atoms with van der Waals surface area (Å²) in [4.78, 5) is 10.5. The smallest absolute Gasteiger partial charge is 0.302 e. The lowest BCUT2D eigenvalue weighted by molar-refractivity contribution is -0.141. The number of carbonyl (C=O) groups excluding carboxylic acids is 1. The third kappa shape index (κ3) is 3.89. The number of anilines is 1. The summed E-state index contributed by atoms with van der Waals surface area (Å²) in [6, 6.07) is 5.55. The van der Waals surface area contributed by atoms with E-state index >= 15 is 0 Å². The second-order valence-corrected chi connectivity index (χ2v) is 3.23. The van der Waals surface area contributed by atoms with E-state index in [0.717, 1.165) is 5.56 Å². The van der Waals surface area contributed by atoms with Crippen LogP contribution >= 0.6 is 0 Å². The first-order valence-corrected chi connectivity index (χ1v) is 4.72. The molecule has 15 heavy (non-hydrogen) atoms. The van der Waals surface area contributed by atoms with Crippen LogP contribution in [0.1, 0.15) is 12.5 Å². The molecule has 0 aliphatic carbocycles. The summed E-state index contributed by atoms with van der Waals surface area (Å²) in [7, 11) is 0. The Balaban J connectivity index is 2.43. The SMILES string of the molecule is CC(=O)OCCOc1cc(C)ccc1N. The Morgan fingerprint density at radius 2 is 2.13 bits per heavy atom. The van der Waals surface area contributed by atoms with Crippen molar-refractivity contribution in [2.75, 3.05) is 18.9 Å². The fourth-order valence-corrected chi connectivity index (χ4v) is 1.10. The average molecular weight is 209 g/mol. The number of hydrogen-bond donors (Lipinski definition) is 1. The number of ether oxygens (including phenoxy) is 2. The van der Waals surface area contributed by atoms with Gasteiger partial charge in [-0.05, 0) is 24.6 Å². The van der Waals surface area contributed by atoms with Crippen molar-refractivity contribution < 1.29 is 14.3 Å². The maximum absolute atomic E-state index is 10.5. The third-order valence-corrected chi connectivity index (χ3v) is 1.82. The Hall–Kier alpha value is -1.71. The van der Waals surface area contributed by atoms with Crippen LogP contribution in [0.3, 0.4) is 0 Å². The Kier molecular flexibility index (Phi) is 3.97. The van der Waals surface area contributed by atoms with Crippen LogP contribution < -0.4 is 10.5 Å². The molecule has 0 bridgehead atoms. The van der Waals surface area contributed by atoms with Crippen molar-refractivity contribution in [3.05, 3.63) is 23.8 Å². The van der Waals surface area contributed by atoms with E-state index in [1.807, 2.05) is 19.1 Å². The van der Waals surface area contributed by atoms with E-state index in [1.54, 1.807) is 6.07 Å². The molecule has 0 aromatic heterocycles. The number of benzene rings is 1. The monoisotopic (exact) mass is 209 g/mol. The summed E-state index contributed by atoms with van der Waals surface area (Å²) in [6.45, 7) is 3.87. The van der Waals surface area contributed by atoms with Gasteiger partial charge >= 0.3 is 5.97 Å². The van der Waals surface area contributed by atoms with Crippen molar-refractivity contribution in [3.8, 4) is 5.75 Å². The van der Waals surface area contributed by atoms with Crippen LogP contribution in [0.2, 0.25) is 0 Å². The van der Waals surface area contributed by atoms with Gasteiger partial charge in [0.05, 0.1) is 5.69 Å².